The highest BCUT2D eigenvalue weighted by molar-refractivity contribution is 5.77. The zero-order valence-corrected chi connectivity index (χ0v) is 18.0. The van der Waals surface area contributed by atoms with Gasteiger partial charge in [-0.3, -0.25) is 9.78 Å². The molecule has 1 aromatic carbocycles. The lowest BCUT2D eigenvalue weighted by atomic mass is 10.1. The van der Waals surface area contributed by atoms with Crippen LogP contribution in [0, 0.1) is 6.92 Å². The molecule has 3 heterocycles. The minimum absolute atomic E-state index is 0.0505. The van der Waals surface area contributed by atoms with Crippen molar-refractivity contribution in [2.75, 3.05) is 19.0 Å². The third-order valence-electron chi connectivity index (χ3n) is 5.65. The molecule has 4 rings (SSSR count). The Hall–Kier alpha value is -3.41. The van der Waals surface area contributed by atoms with Crippen molar-refractivity contribution in [3.8, 4) is 5.75 Å². The van der Waals surface area contributed by atoms with Gasteiger partial charge in [0.05, 0.1) is 30.7 Å². The molecule has 1 N–H and O–H groups in total. The summed E-state index contributed by atoms with van der Waals surface area (Å²) in [5, 5.41) is 3.28. The molecule has 0 aliphatic carbocycles. The molecule has 6 heteroatoms. The van der Waals surface area contributed by atoms with Gasteiger partial charge in [0.15, 0.2) is 0 Å². The number of ether oxygens (including phenoxy) is 1. The maximum atomic E-state index is 12.9. The lowest BCUT2D eigenvalue weighted by Crippen LogP contribution is -2.31. The Morgan fingerprint density at radius 1 is 1.16 bits per heavy atom. The molecule has 160 valence electrons. The Bertz CT molecular complexity index is 1020. The third-order valence-corrected chi connectivity index (χ3v) is 5.65. The average Bonchev–Trinajstić information content (AvgIpc) is 3.28. The van der Waals surface area contributed by atoms with E-state index in [1.54, 1.807) is 7.11 Å². The van der Waals surface area contributed by atoms with Crippen molar-refractivity contribution in [2.45, 2.75) is 38.6 Å². The van der Waals surface area contributed by atoms with Crippen LogP contribution in [0.1, 0.15) is 42.3 Å². The van der Waals surface area contributed by atoms with Crippen molar-refractivity contribution < 1.29 is 9.53 Å². The van der Waals surface area contributed by atoms with Crippen LogP contribution < -0.4 is 10.1 Å². The second kappa shape index (κ2) is 9.60. The first-order valence-electron chi connectivity index (χ1n) is 10.7. The summed E-state index contributed by atoms with van der Waals surface area (Å²) in [7, 11) is 1.65. The minimum atomic E-state index is 0.0505. The van der Waals surface area contributed by atoms with Gasteiger partial charge in [-0.05, 0) is 68.1 Å². The number of likely N-dealkylation sites (tertiary alicyclic amines) is 1. The minimum Gasteiger partial charge on any atom is -0.497 e. The molecule has 1 saturated heterocycles. The van der Waals surface area contributed by atoms with Gasteiger partial charge in [0.2, 0.25) is 5.91 Å². The smallest absolute Gasteiger partial charge is 0.223 e. The number of benzene rings is 1. The zero-order valence-electron chi connectivity index (χ0n) is 18.0. The number of rotatable bonds is 7. The molecule has 2 aromatic heterocycles. The van der Waals surface area contributed by atoms with E-state index in [1.807, 2.05) is 72.6 Å². The number of pyridine rings is 2. The molecule has 1 atom stereocenters. The highest BCUT2D eigenvalue weighted by Gasteiger charge is 2.30. The highest BCUT2D eigenvalue weighted by atomic mass is 16.5. The van der Waals surface area contributed by atoms with Crippen LogP contribution >= 0.6 is 0 Å². The van der Waals surface area contributed by atoms with Crippen LogP contribution in [-0.4, -0.2) is 34.4 Å². The molecule has 3 aromatic rings. The fourth-order valence-corrected chi connectivity index (χ4v) is 4.00. The third kappa shape index (κ3) is 5.20. The molecule has 6 nitrogen and oxygen atoms in total. The predicted octanol–water partition coefficient (Wildman–Crippen LogP) is 4.83. The van der Waals surface area contributed by atoms with E-state index in [1.165, 1.54) is 0 Å². The fourth-order valence-electron chi connectivity index (χ4n) is 4.00. The average molecular weight is 417 g/mol. The normalized spacial score (nSPS) is 15.7. The lowest BCUT2D eigenvalue weighted by Gasteiger charge is -2.24. The van der Waals surface area contributed by atoms with Crippen LogP contribution in [0.25, 0.3) is 0 Å². The van der Waals surface area contributed by atoms with E-state index in [0.717, 1.165) is 60.0 Å². The molecule has 1 amide bonds. The summed E-state index contributed by atoms with van der Waals surface area (Å²) in [6, 6.07) is 17.8. The van der Waals surface area contributed by atoms with E-state index < -0.39 is 0 Å². The molecule has 0 saturated carbocycles. The van der Waals surface area contributed by atoms with E-state index in [4.69, 9.17) is 4.74 Å². The number of anilines is 2. The van der Waals surface area contributed by atoms with Gasteiger partial charge >= 0.3 is 0 Å². The number of carbonyl (C=O) groups excluding carboxylic acids is 1. The molecule has 0 radical (unpaired) electrons. The van der Waals surface area contributed by atoms with E-state index in [9.17, 15) is 4.79 Å². The lowest BCUT2D eigenvalue weighted by molar-refractivity contribution is -0.132. The first-order chi connectivity index (χ1) is 15.1. The van der Waals surface area contributed by atoms with E-state index >= 15 is 0 Å². The molecular weight excluding hydrogens is 388 g/mol. The van der Waals surface area contributed by atoms with Gasteiger partial charge in [0, 0.05) is 18.7 Å². The van der Waals surface area contributed by atoms with Crippen molar-refractivity contribution in [1.29, 1.82) is 0 Å². The number of amides is 1. The summed E-state index contributed by atoms with van der Waals surface area (Å²) < 4.78 is 5.20. The summed E-state index contributed by atoms with van der Waals surface area (Å²) in [6.07, 6.45) is 5.01. The summed E-state index contributed by atoms with van der Waals surface area (Å²) in [6.45, 7) is 2.76. The van der Waals surface area contributed by atoms with E-state index in [-0.39, 0.29) is 11.9 Å². The molecule has 0 spiro atoms. The van der Waals surface area contributed by atoms with Crippen molar-refractivity contribution >= 4 is 17.4 Å². The van der Waals surface area contributed by atoms with Crippen molar-refractivity contribution in [1.82, 2.24) is 14.9 Å². The zero-order chi connectivity index (χ0) is 21.6. The predicted molar refractivity (Wildman–Crippen MR) is 121 cm³/mol. The number of nitrogens with one attached hydrogen (secondary N) is 1. The van der Waals surface area contributed by atoms with Crippen LogP contribution in [0.15, 0.2) is 60.8 Å². The van der Waals surface area contributed by atoms with Crippen molar-refractivity contribution in [3.63, 3.8) is 0 Å². The Labute approximate surface area is 183 Å². The number of hydrogen-bond donors (Lipinski definition) is 1. The van der Waals surface area contributed by atoms with Gasteiger partial charge in [0.1, 0.15) is 11.6 Å². The molecule has 1 aliphatic heterocycles. The van der Waals surface area contributed by atoms with E-state index in [2.05, 4.69) is 15.3 Å². The quantitative estimate of drug-likeness (QED) is 0.597. The molecule has 0 bridgehead atoms. The number of nitrogens with zero attached hydrogens (tertiary/aromatic N) is 3. The summed E-state index contributed by atoms with van der Waals surface area (Å²) >= 11 is 0. The van der Waals surface area contributed by atoms with Crippen LogP contribution in [0.2, 0.25) is 0 Å². The Balaban J connectivity index is 1.37. The standard InChI is InChI=1S/C25H28N4O2/c1-18-5-3-7-24(27-18)28-20-11-14-22(26-17-20)23-6-4-16-29(23)25(30)15-10-19-8-12-21(31-2)13-9-19/h3,5,7-9,11-14,17,23H,4,6,10,15-16H2,1-2H3,(H,27,28). The van der Waals surface area contributed by atoms with Gasteiger partial charge in [-0.2, -0.15) is 0 Å². The van der Waals surface area contributed by atoms with Gasteiger partial charge in [-0.1, -0.05) is 18.2 Å². The topological polar surface area (TPSA) is 67.3 Å². The van der Waals surface area contributed by atoms with Gasteiger partial charge in [-0.25, -0.2) is 4.98 Å². The maximum absolute atomic E-state index is 12.9. The fraction of sp³-hybridized carbons (Fsp3) is 0.320. The molecule has 1 fully saturated rings. The Morgan fingerprint density at radius 3 is 2.71 bits per heavy atom. The number of hydrogen-bond acceptors (Lipinski definition) is 5. The maximum Gasteiger partial charge on any atom is 0.223 e. The first kappa shape index (κ1) is 20.8. The van der Waals surface area contributed by atoms with Crippen LogP contribution in [0.5, 0.6) is 5.75 Å². The van der Waals surface area contributed by atoms with Crippen LogP contribution in [-0.2, 0) is 11.2 Å². The SMILES string of the molecule is COc1ccc(CCC(=O)N2CCCC2c2ccc(Nc3cccc(C)n3)cn2)cc1. The second-order valence-corrected chi connectivity index (χ2v) is 7.85. The first-order valence-corrected chi connectivity index (χ1v) is 10.7. The monoisotopic (exact) mass is 416 g/mol. The number of aryl methyl sites for hydroxylation is 2. The van der Waals surface area contributed by atoms with Crippen molar-refractivity contribution in [2.24, 2.45) is 0 Å². The molecular formula is C25H28N4O2. The Kier molecular flexibility index (Phi) is 6.46. The molecule has 1 aliphatic rings. The van der Waals surface area contributed by atoms with E-state index in [0.29, 0.717) is 6.42 Å². The summed E-state index contributed by atoms with van der Waals surface area (Å²) in [5.41, 5.74) is 3.93. The second-order valence-electron chi connectivity index (χ2n) is 7.85. The van der Waals surface area contributed by atoms with Gasteiger partial charge in [-0.15, -0.1) is 0 Å². The van der Waals surface area contributed by atoms with Gasteiger partial charge in [0.25, 0.3) is 0 Å². The summed E-state index contributed by atoms with van der Waals surface area (Å²) in [5.74, 6) is 1.81. The van der Waals surface area contributed by atoms with Gasteiger partial charge < -0.3 is 15.0 Å². The summed E-state index contributed by atoms with van der Waals surface area (Å²) in [4.78, 5) is 24.0. The molecule has 31 heavy (non-hydrogen) atoms. The number of carbonyl (C=O) groups is 1. The largest absolute Gasteiger partial charge is 0.497 e. The number of aromatic nitrogens is 2. The number of methoxy groups -OCH3 is 1. The highest BCUT2D eigenvalue weighted by Crippen LogP contribution is 2.32. The molecule has 1 unspecified atom stereocenters. The van der Waals surface area contributed by atoms with Crippen molar-refractivity contribution in [3.05, 3.63) is 77.7 Å². The Morgan fingerprint density at radius 2 is 2.00 bits per heavy atom. The van der Waals surface area contributed by atoms with Crippen LogP contribution in [0.4, 0.5) is 11.5 Å². The van der Waals surface area contributed by atoms with Crippen LogP contribution in [0.3, 0.4) is 0 Å².